The molecule has 0 aliphatic carbocycles. The maximum atomic E-state index is 13.9. The molecule has 322 valence electrons. The minimum atomic E-state index is -0.746. The number of aromatic nitrogens is 1. The third-order valence-corrected chi connectivity index (χ3v) is 9.62. The predicted molar refractivity (Wildman–Crippen MR) is 228 cm³/mol. The van der Waals surface area contributed by atoms with Crippen LogP contribution in [-0.4, -0.2) is 125 Å². The van der Waals surface area contributed by atoms with Crippen molar-refractivity contribution >= 4 is 57.0 Å². The third-order valence-electron chi connectivity index (χ3n) is 9.62. The Balaban J connectivity index is 1.23. The number of rotatable bonds is 8. The van der Waals surface area contributed by atoms with Crippen molar-refractivity contribution < 1.29 is 42.5 Å². The van der Waals surface area contributed by atoms with E-state index in [9.17, 15) is 19.2 Å². The van der Waals surface area contributed by atoms with Gasteiger partial charge in [0, 0.05) is 64.8 Å². The molecule has 0 radical (unpaired) electrons. The fraction of sp³-hybridized carbons (Fsp3) is 0.578. The summed E-state index contributed by atoms with van der Waals surface area (Å²) >= 11 is 0. The lowest BCUT2D eigenvalue weighted by atomic mass is 10.0. The van der Waals surface area contributed by atoms with Crippen molar-refractivity contribution in [1.29, 1.82) is 0 Å². The molecule has 1 fully saturated rings. The highest BCUT2D eigenvalue weighted by molar-refractivity contribution is 6.13. The van der Waals surface area contributed by atoms with E-state index in [1.54, 1.807) is 73.5 Å². The van der Waals surface area contributed by atoms with Crippen LogP contribution in [0.2, 0.25) is 0 Å². The van der Waals surface area contributed by atoms with Crippen molar-refractivity contribution in [3.63, 3.8) is 0 Å². The average molecular weight is 818 g/mol. The summed E-state index contributed by atoms with van der Waals surface area (Å²) in [5.74, 6) is 0.619. The van der Waals surface area contributed by atoms with Crippen LogP contribution < -0.4 is 4.74 Å². The molecule has 0 N–H and O–H groups in total. The van der Waals surface area contributed by atoms with Crippen molar-refractivity contribution in [2.75, 3.05) is 59.0 Å². The molecule has 0 spiro atoms. The van der Waals surface area contributed by atoms with Crippen molar-refractivity contribution in [3.8, 4) is 5.75 Å². The highest BCUT2D eigenvalue weighted by Gasteiger charge is 2.30. The van der Waals surface area contributed by atoms with E-state index in [0.29, 0.717) is 30.8 Å². The molecule has 2 aromatic carbocycles. The van der Waals surface area contributed by atoms with E-state index in [0.717, 1.165) is 46.5 Å². The zero-order chi connectivity index (χ0) is 43.0. The van der Waals surface area contributed by atoms with Gasteiger partial charge >= 0.3 is 18.3 Å². The van der Waals surface area contributed by atoms with Crippen LogP contribution in [0.5, 0.6) is 5.75 Å². The number of fused-ring (bicyclic) bond motifs is 4. The first-order valence-electron chi connectivity index (χ1n) is 20.8. The number of benzene rings is 2. The Hall–Kier alpha value is -5.27. The molecule has 1 saturated heterocycles. The minimum absolute atomic E-state index is 0.0719. The van der Waals surface area contributed by atoms with Gasteiger partial charge in [-0.1, -0.05) is 43.2 Å². The van der Waals surface area contributed by atoms with E-state index in [4.69, 9.17) is 28.3 Å². The van der Waals surface area contributed by atoms with Crippen LogP contribution in [0.1, 0.15) is 94.4 Å². The van der Waals surface area contributed by atoms with Gasteiger partial charge in [-0.25, -0.2) is 19.4 Å². The lowest BCUT2D eigenvalue weighted by molar-refractivity contribution is -0.132. The normalized spacial score (nSPS) is 15.2. The van der Waals surface area contributed by atoms with Gasteiger partial charge < -0.3 is 43.0 Å². The quantitative estimate of drug-likeness (QED) is 0.0960. The second-order valence-electron chi connectivity index (χ2n) is 18.1. The molecule has 2 aromatic heterocycles. The molecule has 0 atom stereocenters. The summed E-state index contributed by atoms with van der Waals surface area (Å²) in [4.78, 5) is 65.1. The summed E-state index contributed by atoms with van der Waals surface area (Å²) < 4.78 is 29.4. The van der Waals surface area contributed by atoms with Gasteiger partial charge in [-0.2, -0.15) is 0 Å². The minimum Gasteiger partial charge on any atom is -0.489 e. The number of hydrogen-bond acceptors (Lipinski definition) is 10. The topological polar surface area (TPSA) is 144 Å². The SMILES string of the molecule is CC(C)(C)OC(=O)N1CCN(C(=O)CCCCCCOc2c3occc3nc3ccc4ccccc4c23)CCN(C(=O)OC(C)(C)C)CCN(C(=O)OC(C)(C)C)CC1. The molecule has 5 rings (SSSR count). The van der Waals surface area contributed by atoms with E-state index in [2.05, 4.69) is 18.2 Å². The van der Waals surface area contributed by atoms with Crippen LogP contribution in [0, 0.1) is 0 Å². The molecule has 0 bridgehead atoms. The largest absolute Gasteiger partial charge is 0.489 e. The third kappa shape index (κ3) is 13.1. The number of pyridine rings is 1. The second kappa shape index (κ2) is 19.2. The first-order chi connectivity index (χ1) is 27.8. The number of hydrogen-bond donors (Lipinski definition) is 0. The fourth-order valence-electron chi connectivity index (χ4n) is 6.79. The maximum Gasteiger partial charge on any atom is 0.410 e. The Morgan fingerprint density at radius 1 is 0.593 bits per heavy atom. The van der Waals surface area contributed by atoms with Crippen LogP contribution in [-0.2, 0) is 19.0 Å². The molecule has 4 aromatic rings. The second-order valence-corrected chi connectivity index (χ2v) is 18.1. The molecule has 0 saturated carbocycles. The smallest absolute Gasteiger partial charge is 0.410 e. The number of ether oxygens (including phenoxy) is 4. The Bertz CT molecular complexity index is 2030. The summed E-state index contributed by atoms with van der Waals surface area (Å²) in [6, 6.07) is 14.1. The number of unbranched alkanes of at least 4 members (excludes halogenated alkanes) is 3. The predicted octanol–water partition coefficient (Wildman–Crippen LogP) is 9.02. The molecule has 1 aliphatic rings. The van der Waals surface area contributed by atoms with Gasteiger partial charge in [0.1, 0.15) is 22.3 Å². The molecular weight excluding hydrogens is 755 g/mol. The number of carbonyl (C=O) groups is 4. The zero-order valence-electron chi connectivity index (χ0n) is 36.4. The Morgan fingerprint density at radius 2 is 1.08 bits per heavy atom. The van der Waals surface area contributed by atoms with Crippen LogP contribution in [0.25, 0.3) is 32.8 Å². The summed E-state index contributed by atoms with van der Waals surface area (Å²) in [6.07, 6.45) is 3.42. The molecule has 14 nitrogen and oxygen atoms in total. The number of carbonyl (C=O) groups excluding carboxylic acids is 4. The number of amides is 4. The van der Waals surface area contributed by atoms with E-state index >= 15 is 0 Å². The lowest BCUT2D eigenvalue weighted by Gasteiger charge is -2.36. The standard InChI is InChI=1S/C45H63N5O9/c1-43(2,3)57-40(52)48-24-22-47(23-25-49(41(53)58-44(4,5)6)27-29-50(28-26-48)42(54)59-45(7,8)9)36(51)18-12-10-11-15-30-55-39-37-33-17-14-13-16-32(33)19-20-34(37)46-35-21-31-56-38(35)39/h13-14,16-17,19-21,31H,10-12,15,18,22-30H2,1-9H3. The van der Waals surface area contributed by atoms with Gasteiger partial charge in [0.15, 0.2) is 11.3 Å². The molecule has 1 aliphatic heterocycles. The van der Waals surface area contributed by atoms with Gasteiger partial charge in [0.2, 0.25) is 5.91 Å². The van der Waals surface area contributed by atoms with Crippen molar-refractivity contribution in [1.82, 2.24) is 24.6 Å². The summed E-state index contributed by atoms with van der Waals surface area (Å²) in [7, 11) is 0. The van der Waals surface area contributed by atoms with Gasteiger partial charge in [0.25, 0.3) is 0 Å². The molecule has 3 heterocycles. The average Bonchev–Trinajstić information content (AvgIpc) is 3.60. The Morgan fingerprint density at radius 3 is 1.61 bits per heavy atom. The van der Waals surface area contributed by atoms with Gasteiger partial charge in [-0.05, 0) is 92.0 Å². The molecule has 59 heavy (non-hydrogen) atoms. The van der Waals surface area contributed by atoms with Crippen molar-refractivity contribution in [3.05, 3.63) is 48.7 Å². The van der Waals surface area contributed by atoms with E-state index in [-0.39, 0.29) is 58.3 Å². The van der Waals surface area contributed by atoms with E-state index < -0.39 is 35.1 Å². The molecule has 4 amide bonds. The first-order valence-corrected chi connectivity index (χ1v) is 20.8. The van der Waals surface area contributed by atoms with Crippen molar-refractivity contribution in [2.45, 2.75) is 111 Å². The number of furan rings is 1. The summed E-state index contributed by atoms with van der Waals surface area (Å²) in [5, 5.41) is 3.08. The highest BCUT2D eigenvalue weighted by Crippen LogP contribution is 2.38. The Kier molecular flexibility index (Phi) is 14.6. The van der Waals surface area contributed by atoms with E-state index in [1.807, 2.05) is 24.3 Å². The molecule has 0 unspecified atom stereocenters. The lowest BCUT2D eigenvalue weighted by Crippen LogP contribution is -2.52. The van der Waals surface area contributed by atoms with Gasteiger partial charge in [-0.3, -0.25) is 4.79 Å². The van der Waals surface area contributed by atoms with Crippen LogP contribution in [0.3, 0.4) is 0 Å². The summed E-state index contributed by atoms with van der Waals surface area (Å²) in [6.45, 7) is 17.9. The van der Waals surface area contributed by atoms with Crippen LogP contribution >= 0.6 is 0 Å². The first kappa shape index (κ1) is 44.8. The van der Waals surface area contributed by atoms with Gasteiger partial charge in [-0.15, -0.1) is 0 Å². The maximum absolute atomic E-state index is 13.9. The van der Waals surface area contributed by atoms with Gasteiger partial charge in [0.05, 0.1) is 23.8 Å². The molecular formula is C45H63N5O9. The van der Waals surface area contributed by atoms with Crippen molar-refractivity contribution in [2.24, 2.45) is 0 Å². The number of nitrogens with zero attached hydrogens (tertiary/aromatic N) is 5. The summed E-state index contributed by atoms with van der Waals surface area (Å²) in [5.41, 5.74) is -0.0182. The van der Waals surface area contributed by atoms with Crippen LogP contribution in [0.4, 0.5) is 14.4 Å². The Labute approximate surface area is 348 Å². The monoisotopic (exact) mass is 817 g/mol. The fourth-order valence-corrected chi connectivity index (χ4v) is 6.79. The van der Waals surface area contributed by atoms with E-state index in [1.165, 1.54) is 14.7 Å². The zero-order valence-corrected chi connectivity index (χ0v) is 36.4. The van der Waals surface area contributed by atoms with Crippen LogP contribution in [0.15, 0.2) is 53.1 Å². The molecule has 14 heteroatoms. The highest BCUT2D eigenvalue weighted by atomic mass is 16.6.